The Balaban J connectivity index is 1.48. The minimum absolute atomic E-state index is 0.0334. The summed E-state index contributed by atoms with van der Waals surface area (Å²) in [6, 6.07) is 14.7. The van der Waals surface area contributed by atoms with Crippen LogP contribution in [0, 0.1) is 12.8 Å². The first-order valence-electron chi connectivity index (χ1n) is 8.13. The molecule has 25 heavy (non-hydrogen) atoms. The molecule has 3 aromatic rings. The number of carbonyl (C=O) groups is 2. The quantitative estimate of drug-likeness (QED) is 0.798. The lowest BCUT2D eigenvalue weighted by molar-refractivity contribution is -0.122. The van der Waals surface area contributed by atoms with Gasteiger partial charge in [-0.25, -0.2) is 4.98 Å². The molecule has 0 bridgehead atoms. The van der Waals surface area contributed by atoms with Crippen molar-refractivity contribution in [2.45, 2.75) is 13.3 Å². The molecule has 0 aliphatic carbocycles. The Kier molecular flexibility index (Phi) is 3.72. The number of carbonyl (C=O) groups excluding carboxylic acids is 2. The summed E-state index contributed by atoms with van der Waals surface area (Å²) in [4.78, 5) is 30.7. The summed E-state index contributed by atoms with van der Waals surface area (Å²) >= 11 is 0. The molecule has 1 fully saturated rings. The molecule has 1 aromatic heterocycles. The average Bonchev–Trinajstić information content (AvgIpc) is 3.17. The summed E-state index contributed by atoms with van der Waals surface area (Å²) in [6.07, 6.45) is 0.214. The zero-order valence-corrected chi connectivity index (χ0v) is 13.7. The van der Waals surface area contributed by atoms with Crippen molar-refractivity contribution in [3.05, 3.63) is 54.4 Å². The number of amides is 2. The molecule has 1 atom stereocenters. The molecule has 1 aliphatic rings. The zero-order chi connectivity index (χ0) is 17.4. The smallest absolute Gasteiger partial charge is 0.229 e. The highest BCUT2D eigenvalue weighted by Gasteiger charge is 2.35. The third kappa shape index (κ3) is 2.98. The van der Waals surface area contributed by atoms with E-state index >= 15 is 0 Å². The lowest BCUT2D eigenvalue weighted by Gasteiger charge is -2.16. The average molecular weight is 335 g/mol. The van der Waals surface area contributed by atoms with Gasteiger partial charge in [-0.05, 0) is 30.3 Å². The van der Waals surface area contributed by atoms with E-state index in [1.807, 2.05) is 30.3 Å². The maximum atomic E-state index is 12.5. The van der Waals surface area contributed by atoms with Crippen molar-refractivity contribution < 1.29 is 14.0 Å². The van der Waals surface area contributed by atoms with E-state index in [4.69, 9.17) is 4.42 Å². The zero-order valence-electron chi connectivity index (χ0n) is 13.7. The predicted molar refractivity (Wildman–Crippen MR) is 94.3 cm³/mol. The van der Waals surface area contributed by atoms with E-state index in [0.717, 1.165) is 5.69 Å². The first-order valence-corrected chi connectivity index (χ1v) is 8.13. The van der Waals surface area contributed by atoms with Gasteiger partial charge in [0.15, 0.2) is 11.5 Å². The molecule has 1 aliphatic heterocycles. The van der Waals surface area contributed by atoms with Gasteiger partial charge in [-0.15, -0.1) is 0 Å². The van der Waals surface area contributed by atoms with Crippen molar-refractivity contribution >= 4 is 34.3 Å². The van der Waals surface area contributed by atoms with Crippen LogP contribution in [0.2, 0.25) is 0 Å². The second kappa shape index (κ2) is 6.05. The number of fused-ring (bicyclic) bond motifs is 1. The molecular weight excluding hydrogens is 318 g/mol. The highest BCUT2D eigenvalue weighted by Crippen LogP contribution is 2.26. The van der Waals surface area contributed by atoms with Crippen LogP contribution < -0.4 is 10.2 Å². The largest absolute Gasteiger partial charge is 0.441 e. The van der Waals surface area contributed by atoms with Gasteiger partial charge in [-0.1, -0.05) is 18.2 Å². The van der Waals surface area contributed by atoms with Crippen LogP contribution in [0.4, 0.5) is 11.4 Å². The van der Waals surface area contributed by atoms with Crippen molar-refractivity contribution in [2.24, 2.45) is 5.92 Å². The van der Waals surface area contributed by atoms with Gasteiger partial charge >= 0.3 is 0 Å². The van der Waals surface area contributed by atoms with Crippen molar-refractivity contribution in [3.8, 4) is 0 Å². The van der Waals surface area contributed by atoms with Crippen LogP contribution in [0.15, 0.2) is 52.9 Å². The number of aromatic nitrogens is 1. The van der Waals surface area contributed by atoms with Gasteiger partial charge < -0.3 is 14.6 Å². The van der Waals surface area contributed by atoms with Gasteiger partial charge in [0.2, 0.25) is 11.8 Å². The fourth-order valence-corrected chi connectivity index (χ4v) is 3.11. The molecule has 1 unspecified atom stereocenters. The van der Waals surface area contributed by atoms with Gasteiger partial charge in [0.25, 0.3) is 0 Å². The highest BCUT2D eigenvalue weighted by atomic mass is 16.3. The molecule has 0 saturated carbocycles. The minimum atomic E-state index is -0.373. The number of nitrogens with one attached hydrogen (secondary N) is 1. The van der Waals surface area contributed by atoms with E-state index in [1.165, 1.54) is 0 Å². The summed E-state index contributed by atoms with van der Waals surface area (Å²) in [5.41, 5.74) is 2.85. The minimum Gasteiger partial charge on any atom is -0.441 e. The van der Waals surface area contributed by atoms with E-state index < -0.39 is 0 Å². The fraction of sp³-hybridized carbons (Fsp3) is 0.211. The van der Waals surface area contributed by atoms with E-state index in [0.29, 0.717) is 29.2 Å². The first kappa shape index (κ1) is 15.4. The van der Waals surface area contributed by atoms with E-state index in [9.17, 15) is 9.59 Å². The number of hydrogen-bond acceptors (Lipinski definition) is 4. The Labute approximate surface area is 144 Å². The second-order valence-corrected chi connectivity index (χ2v) is 6.15. The van der Waals surface area contributed by atoms with Gasteiger partial charge in [0, 0.05) is 31.3 Å². The molecule has 2 heterocycles. The number of hydrogen-bond donors (Lipinski definition) is 1. The number of oxazole rings is 1. The van der Waals surface area contributed by atoms with E-state index in [-0.39, 0.29) is 24.2 Å². The van der Waals surface area contributed by atoms with Crippen molar-refractivity contribution in [1.82, 2.24) is 4.98 Å². The topological polar surface area (TPSA) is 75.4 Å². The third-order valence-electron chi connectivity index (χ3n) is 4.33. The highest BCUT2D eigenvalue weighted by molar-refractivity contribution is 6.03. The van der Waals surface area contributed by atoms with E-state index in [1.54, 1.807) is 30.0 Å². The lowest BCUT2D eigenvalue weighted by atomic mass is 10.1. The molecule has 0 radical (unpaired) electrons. The molecule has 0 spiro atoms. The molecule has 6 heteroatoms. The number of aryl methyl sites for hydroxylation is 1. The Bertz CT molecular complexity index is 949. The molecule has 4 rings (SSSR count). The van der Waals surface area contributed by atoms with Gasteiger partial charge in [0.05, 0.1) is 5.92 Å². The fourth-order valence-electron chi connectivity index (χ4n) is 3.11. The summed E-state index contributed by atoms with van der Waals surface area (Å²) in [5, 5.41) is 2.88. The summed E-state index contributed by atoms with van der Waals surface area (Å²) in [7, 11) is 0. The predicted octanol–water partition coefficient (Wildman–Crippen LogP) is 3.13. The Morgan fingerprint density at radius 1 is 1.24 bits per heavy atom. The van der Waals surface area contributed by atoms with Crippen LogP contribution in [0.1, 0.15) is 12.3 Å². The monoisotopic (exact) mass is 335 g/mol. The van der Waals surface area contributed by atoms with Gasteiger partial charge in [-0.3, -0.25) is 9.59 Å². The molecule has 2 aromatic carbocycles. The number of para-hydroxylation sites is 1. The van der Waals surface area contributed by atoms with Crippen LogP contribution in [0.5, 0.6) is 0 Å². The van der Waals surface area contributed by atoms with Crippen LogP contribution in [0.3, 0.4) is 0 Å². The van der Waals surface area contributed by atoms with Crippen LogP contribution in [-0.2, 0) is 9.59 Å². The summed E-state index contributed by atoms with van der Waals surface area (Å²) in [6.45, 7) is 2.17. The SMILES string of the molecule is Cc1nc2cc(NC(=O)C3CC(=O)N(c4ccccc4)C3)ccc2o1. The maximum absolute atomic E-state index is 12.5. The molecule has 2 amide bonds. The van der Waals surface area contributed by atoms with Crippen LogP contribution >= 0.6 is 0 Å². The molecule has 6 nitrogen and oxygen atoms in total. The van der Waals surface area contributed by atoms with Crippen molar-refractivity contribution in [3.63, 3.8) is 0 Å². The van der Waals surface area contributed by atoms with Crippen molar-refractivity contribution in [1.29, 1.82) is 0 Å². The Hall–Kier alpha value is -3.15. The van der Waals surface area contributed by atoms with Crippen LogP contribution in [0.25, 0.3) is 11.1 Å². The number of anilines is 2. The van der Waals surface area contributed by atoms with Crippen molar-refractivity contribution in [2.75, 3.05) is 16.8 Å². The number of nitrogens with zero attached hydrogens (tertiary/aromatic N) is 2. The molecule has 126 valence electrons. The van der Waals surface area contributed by atoms with Gasteiger partial charge in [0.1, 0.15) is 5.52 Å². The summed E-state index contributed by atoms with van der Waals surface area (Å²) < 4.78 is 5.43. The first-order chi connectivity index (χ1) is 12.1. The number of rotatable bonds is 3. The normalized spacial score (nSPS) is 17.2. The number of benzene rings is 2. The second-order valence-electron chi connectivity index (χ2n) is 6.15. The molecular formula is C19H17N3O3. The van der Waals surface area contributed by atoms with Gasteiger partial charge in [-0.2, -0.15) is 0 Å². The summed E-state index contributed by atoms with van der Waals surface area (Å²) in [5.74, 6) is 0.0149. The molecule has 1 N–H and O–H groups in total. The standard InChI is InChI=1S/C19H17N3O3/c1-12-20-16-10-14(7-8-17(16)25-12)21-19(24)13-9-18(23)22(11-13)15-5-3-2-4-6-15/h2-8,10,13H,9,11H2,1H3,(H,21,24). The third-order valence-corrected chi connectivity index (χ3v) is 4.33. The Morgan fingerprint density at radius 3 is 2.84 bits per heavy atom. The van der Waals surface area contributed by atoms with Crippen LogP contribution in [-0.4, -0.2) is 23.3 Å². The lowest BCUT2D eigenvalue weighted by Crippen LogP contribution is -2.28. The van der Waals surface area contributed by atoms with E-state index in [2.05, 4.69) is 10.3 Å². The Morgan fingerprint density at radius 2 is 2.04 bits per heavy atom. The molecule has 1 saturated heterocycles. The maximum Gasteiger partial charge on any atom is 0.229 e.